The summed E-state index contributed by atoms with van der Waals surface area (Å²) in [5.74, 6) is 0.596. The van der Waals surface area contributed by atoms with Gasteiger partial charge in [-0.25, -0.2) is 0 Å². The average Bonchev–Trinajstić information content (AvgIpc) is 2.17. The van der Waals surface area contributed by atoms with Crippen LogP contribution in [0.25, 0.3) is 6.08 Å². The fourth-order valence-electron chi connectivity index (χ4n) is 1.03. The topological polar surface area (TPSA) is 0 Å². The molecule has 1 aromatic carbocycles. The molecule has 0 aliphatic carbocycles. The van der Waals surface area contributed by atoms with Crippen LogP contribution in [0.4, 0.5) is 0 Å². The Bertz CT molecular complexity index is 279. The number of allylic oxidation sites excluding steroid dienone is 1. The molecule has 0 N–H and O–H groups in total. The molecule has 0 aliphatic heterocycles. The second-order valence-corrected chi connectivity index (χ2v) is 3.55. The predicted molar refractivity (Wildman–Crippen MR) is 60.4 cm³/mol. The van der Waals surface area contributed by atoms with E-state index in [2.05, 4.69) is 13.0 Å². The van der Waals surface area contributed by atoms with Crippen LogP contribution in [0.15, 0.2) is 29.8 Å². The summed E-state index contributed by atoms with van der Waals surface area (Å²) in [6.45, 7) is 2.10. The summed E-state index contributed by atoms with van der Waals surface area (Å²) < 4.78 is 0. The molecule has 1 aromatic rings. The Labute approximate surface area is 89.2 Å². The van der Waals surface area contributed by atoms with Gasteiger partial charge in [-0.1, -0.05) is 42.3 Å². The van der Waals surface area contributed by atoms with Crippen molar-refractivity contribution in [3.05, 3.63) is 40.4 Å². The molecule has 0 atom stereocenters. The third-order valence-corrected chi connectivity index (χ3v) is 2.46. The second kappa shape index (κ2) is 5.31. The highest BCUT2D eigenvalue weighted by molar-refractivity contribution is 6.30. The van der Waals surface area contributed by atoms with E-state index in [1.807, 2.05) is 24.3 Å². The van der Waals surface area contributed by atoms with Crippen molar-refractivity contribution < 1.29 is 0 Å². The molecule has 0 radical (unpaired) electrons. The molecular weight excluding hydrogens is 203 g/mol. The fourth-order valence-corrected chi connectivity index (χ4v) is 1.42. The summed E-state index contributed by atoms with van der Waals surface area (Å²) in [6, 6.07) is 7.75. The van der Waals surface area contributed by atoms with Gasteiger partial charge in [-0.2, -0.15) is 0 Å². The smallest absolute Gasteiger partial charge is 0.0436 e. The van der Waals surface area contributed by atoms with Crippen LogP contribution in [0.2, 0.25) is 5.02 Å². The molecule has 13 heavy (non-hydrogen) atoms. The predicted octanol–water partition coefficient (Wildman–Crippen LogP) is 4.37. The molecule has 0 amide bonds. The van der Waals surface area contributed by atoms with E-state index >= 15 is 0 Å². The average molecular weight is 215 g/mol. The minimum Gasteiger partial charge on any atom is -0.122 e. The SMILES string of the molecule is CCC(=Cc1ccc(Cl)cc1)CCl. The van der Waals surface area contributed by atoms with Crippen molar-refractivity contribution in [1.29, 1.82) is 0 Å². The maximum Gasteiger partial charge on any atom is 0.0436 e. The van der Waals surface area contributed by atoms with Gasteiger partial charge in [0.05, 0.1) is 0 Å². The highest BCUT2D eigenvalue weighted by atomic mass is 35.5. The van der Waals surface area contributed by atoms with Crippen molar-refractivity contribution in [2.24, 2.45) is 0 Å². The molecule has 70 valence electrons. The monoisotopic (exact) mass is 214 g/mol. The standard InChI is InChI=1S/C11H12Cl2/c1-2-9(8-12)7-10-3-5-11(13)6-4-10/h3-7H,2,8H2,1H3. The van der Waals surface area contributed by atoms with Gasteiger partial charge in [-0.3, -0.25) is 0 Å². The zero-order chi connectivity index (χ0) is 9.68. The van der Waals surface area contributed by atoms with Crippen LogP contribution in [0.3, 0.4) is 0 Å². The summed E-state index contributed by atoms with van der Waals surface area (Å²) in [5.41, 5.74) is 2.39. The summed E-state index contributed by atoms with van der Waals surface area (Å²) in [5, 5.41) is 0.765. The van der Waals surface area contributed by atoms with Gasteiger partial charge in [0.25, 0.3) is 0 Å². The van der Waals surface area contributed by atoms with Crippen LogP contribution in [0, 0.1) is 0 Å². The van der Waals surface area contributed by atoms with E-state index in [0.717, 1.165) is 17.0 Å². The van der Waals surface area contributed by atoms with Crippen molar-refractivity contribution in [2.75, 3.05) is 5.88 Å². The van der Waals surface area contributed by atoms with Crippen LogP contribution in [-0.2, 0) is 0 Å². The molecule has 0 heterocycles. The molecule has 1 rings (SSSR count). The minimum atomic E-state index is 0.596. The Kier molecular flexibility index (Phi) is 4.34. The van der Waals surface area contributed by atoms with Gasteiger partial charge in [0.1, 0.15) is 0 Å². The quantitative estimate of drug-likeness (QED) is 0.656. The van der Waals surface area contributed by atoms with Crippen LogP contribution >= 0.6 is 23.2 Å². The summed E-state index contributed by atoms with van der Waals surface area (Å²) in [7, 11) is 0. The van der Waals surface area contributed by atoms with Crippen molar-refractivity contribution in [3.63, 3.8) is 0 Å². The van der Waals surface area contributed by atoms with Gasteiger partial charge in [-0.05, 0) is 24.1 Å². The number of hydrogen-bond donors (Lipinski definition) is 0. The van der Waals surface area contributed by atoms with E-state index in [-0.39, 0.29) is 0 Å². The zero-order valence-corrected chi connectivity index (χ0v) is 9.07. The van der Waals surface area contributed by atoms with Crippen molar-refractivity contribution in [3.8, 4) is 0 Å². The van der Waals surface area contributed by atoms with Gasteiger partial charge in [0.2, 0.25) is 0 Å². The van der Waals surface area contributed by atoms with Gasteiger partial charge in [-0.15, -0.1) is 11.6 Å². The van der Waals surface area contributed by atoms with Crippen molar-refractivity contribution >= 4 is 29.3 Å². The van der Waals surface area contributed by atoms with E-state index in [4.69, 9.17) is 23.2 Å². The number of rotatable bonds is 3. The van der Waals surface area contributed by atoms with Gasteiger partial charge in [0.15, 0.2) is 0 Å². The van der Waals surface area contributed by atoms with Crippen LogP contribution in [0.1, 0.15) is 18.9 Å². The molecule has 2 heteroatoms. The number of benzene rings is 1. The highest BCUT2D eigenvalue weighted by Crippen LogP contribution is 2.14. The van der Waals surface area contributed by atoms with Crippen LogP contribution in [0.5, 0.6) is 0 Å². The first-order chi connectivity index (χ1) is 6.26. The lowest BCUT2D eigenvalue weighted by molar-refractivity contribution is 1.12. The Balaban J connectivity index is 2.84. The molecule has 0 bridgehead atoms. The van der Waals surface area contributed by atoms with Crippen molar-refractivity contribution in [2.45, 2.75) is 13.3 Å². The van der Waals surface area contributed by atoms with E-state index < -0.39 is 0 Å². The lowest BCUT2D eigenvalue weighted by Gasteiger charge is -1.99. The summed E-state index contributed by atoms with van der Waals surface area (Å²) in [6.07, 6.45) is 3.09. The highest BCUT2D eigenvalue weighted by Gasteiger charge is 1.93. The molecule has 0 spiro atoms. The van der Waals surface area contributed by atoms with Gasteiger partial charge >= 0.3 is 0 Å². The first-order valence-electron chi connectivity index (χ1n) is 4.27. The first-order valence-corrected chi connectivity index (χ1v) is 5.18. The lowest BCUT2D eigenvalue weighted by atomic mass is 10.1. The minimum absolute atomic E-state index is 0.596. The molecule has 0 saturated heterocycles. The Hall–Kier alpha value is -0.460. The summed E-state index contributed by atoms with van der Waals surface area (Å²) in [4.78, 5) is 0. The zero-order valence-electron chi connectivity index (χ0n) is 7.56. The number of hydrogen-bond acceptors (Lipinski definition) is 0. The maximum atomic E-state index is 5.77. The number of halogens is 2. The van der Waals surface area contributed by atoms with E-state index in [1.54, 1.807) is 0 Å². The third-order valence-electron chi connectivity index (χ3n) is 1.87. The molecule has 0 aromatic heterocycles. The van der Waals surface area contributed by atoms with E-state index in [9.17, 15) is 0 Å². The summed E-state index contributed by atoms with van der Waals surface area (Å²) >= 11 is 11.5. The number of alkyl halides is 1. The van der Waals surface area contributed by atoms with E-state index in [0.29, 0.717) is 5.88 Å². The normalized spacial score (nSPS) is 11.8. The van der Waals surface area contributed by atoms with E-state index in [1.165, 1.54) is 5.57 Å². The largest absolute Gasteiger partial charge is 0.122 e. The van der Waals surface area contributed by atoms with Gasteiger partial charge < -0.3 is 0 Å². The molecule has 0 nitrogen and oxygen atoms in total. The van der Waals surface area contributed by atoms with Crippen molar-refractivity contribution in [1.82, 2.24) is 0 Å². The molecular formula is C11H12Cl2. The lowest BCUT2D eigenvalue weighted by Crippen LogP contribution is -1.82. The second-order valence-electron chi connectivity index (χ2n) is 2.84. The molecule has 0 saturated carbocycles. The third kappa shape index (κ3) is 3.41. The first kappa shape index (κ1) is 10.6. The Morgan fingerprint density at radius 2 is 1.92 bits per heavy atom. The van der Waals surface area contributed by atoms with Crippen LogP contribution in [-0.4, -0.2) is 5.88 Å². The van der Waals surface area contributed by atoms with Crippen LogP contribution < -0.4 is 0 Å². The van der Waals surface area contributed by atoms with Gasteiger partial charge in [0, 0.05) is 10.9 Å². The molecule has 0 aliphatic rings. The maximum absolute atomic E-state index is 5.77. The molecule has 0 fully saturated rings. The fraction of sp³-hybridized carbons (Fsp3) is 0.273. The Morgan fingerprint density at radius 1 is 1.31 bits per heavy atom. The molecule has 0 unspecified atom stereocenters. The Morgan fingerprint density at radius 3 is 2.38 bits per heavy atom.